The molecular formula is C18H17FN4O. The zero-order valence-electron chi connectivity index (χ0n) is 13.1. The fraction of sp³-hybridized carbons (Fsp3) is 0.111. The number of hydrogen-bond acceptors (Lipinski definition) is 2. The highest BCUT2D eigenvalue weighted by atomic mass is 19.1. The molecule has 6 heteroatoms. The first-order valence-corrected chi connectivity index (χ1v) is 7.53. The van der Waals surface area contributed by atoms with Gasteiger partial charge in [0.2, 0.25) is 0 Å². The van der Waals surface area contributed by atoms with E-state index in [2.05, 4.69) is 15.6 Å². The molecule has 5 nitrogen and oxygen atoms in total. The van der Waals surface area contributed by atoms with Crippen LogP contribution >= 0.6 is 0 Å². The van der Waals surface area contributed by atoms with Gasteiger partial charge in [-0.3, -0.25) is 0 Å². The Morgan fingerprint density at radius 2 is 1.83 bits per heavy atom. The fourth-order valence-electron chi connectivity index (χ4n) is 2.33. The summed E-state index contributed by atoms with van der Waals surface area (Å²) in [5, 5.41) is 5.53. The summed E-state index contributed by atoms with van der Waals surface area (Å²) in [4.78, 5) is 16.0. The number of nitrogens with zero attached hydrogens (tertiary/aromatic N) is 2. The van der Waals surface area contributed by atoms with Gasteiger partial charge in [0.15, 0.2) is 0 Å². The molecule has 1 unspecified atom stereocenters. The molecule has 1 aromatic heterocycles. The molecule has 3 rings (SSSR count). The lowest BCUT2D eigenvalue weighted by Gasteiger charge is -2.15. The van der Waals surface area contributed by atoms with Crippen molar-refractivity contribution in [3.63, 3.8) is 0 Å². The van der Waals surface area contributed by atoms with Crippen LogP contribution in [0.25, 0.3) is 5.69 Å². The first kappa shape index (κ1) is 15.7. The lowest BCUT2D eigenvalue weighted by Crippen LogP contribution is -2.31. The molecule has 1 atom stereocenters. The predicted octanol–water partition coefficient (Wildman–Crippen LogP) is 3.89. The largest absolute Gasteiger partial charge is 0.331 e. The quantitative estimate of drug-likeness (QED) is 0.765. The maximum absolute atomic E-state index is 12.9. The minimum atomic E-state index is -0.340. The van der Waals surface area contributed by atoms with Crippen molar-refractivity contribution in [3.05, 3.63) is 78.6 Å². The lowest BCUT2D eigenvalue weighted by atomic mass is 10.1. The minimum absolute atomic E-state index is 0.165. The molecule has 0 spiro atoms. The molecule has 0 bridgehead atoms. The van der Waals surface area contributed by atoms with Crippen LogP contribution < -0.4 is 10.6 Å². The van der Waals surface area contributed by atoms with E-state index in [1.807, 2.05) is 42.0 Å². The molecule has 0 saturated carbocycles. The molecule has 24 heavy (non-hydrogen) atoms. The number of hydrogen-bond donors (Lipinski definition) is 2. The van der Waals surface area contributed by atoms with Crippen LogP contribution in [-0.2, 0) is 0 Å². The van der Waals surface area contributed by atoms with Crippen LogP contribution in [0.1, 0.15) is 18.5 Å². The van der Waals surface area contributed by atoms with Crippen molar-refractivity contribution in [3.8, 4) is 5.69 Å². The predicted molar refractivity (Wildman–Crippen MR) is 90.5 cm³/mol. The number of imidazole rings is 1. The third-order valence-corrected chi connectivity index (χ3v) is 3.65. The van der Waals surface area contributed by atoms with Gasteiger partial charge in [0, 0.05) is 23.8 Å². The molecule has 0 radical (unpaired) electrons. The van der Waals surface area contributed by atoms with Crippen molar-refractivity contribution in [1.82, 2.24) is 14.9 Å². The Hall–Kier alpha value is -3.15. The molecule has 1 heterocycles. The number of halogens is 1. The van der Waals surface area contributed by atoms with Crippen LogP contribution in [0.15, 0.2) is 67.3 Å². The van der Waals surface area contributed by atoms with Crippen LogP contribution in [-0.4, -0.2) is 15.6 Å². The van der Waals surface area contributed by atoms with E-state index in [4.69, 9.17) is 0 Å². The summed E-state index contributed by atoms with van der Waals surface area (Å²) in [5.41, 5.74) is 2.52. The van der Waals surface area contributed by atoms with Crippen LogP contribution in [0.4, 0.5) is 14.9 Å². The monoisotopic (exact) mass is 324 g/mol. The normalized spacial score (nSPS) is 11.8. The van der Waals surface area contributed by atoms with E-state index < -0.39 is 0 Å². The molecule has 0 aliphatic heterocycles. The molecule has 2 aromatic carbocycles. The molecule has 122 valence electrons. The van der Waals surface area contributed by atoms with E-state index in [-0.39, 0.29) is 17.9 Å². The standard InChI is InChI=1S/C18H17FN4O/c1-13(21-18(24)22-16-6-4-15(19)5-7-16)14-2-8-17(9-3-14)23-11-10-20-12-23/h2-13H,1H3,(H2,21,22,24). The van der Waals surface area contributed by atoms with Gasteiger partial charge >= 0.3 is 6.03 Å². The zero-order chi connectivity index (χ0) is 16.9. The average Bonchev–Trinajstić information content (AvgIpc) is 3.11. The highest BCUT2D eigenvalue weighted by molar-refractivity contribution is 5.89. The van der Waals surface area contributed by atoms with Crippen LogP contribution in [0.5, 0.6) is 0 Å². The minimum Gasteiger partial charge on any atom is -0.331 e. The second-order valence-corrected chi connectivity index (χ2v) is 5.39. The number of rotatable bonds is 4. The fourth-order valence-corrected chi connectivity index (χ4v) is 2.33. The summed E-state index contributed by atoms with van der Waals surface area (Å²) in [6.45, 7) is 1.90. The van der Waals surface area contributed by atoms with Crippen molar-refractivity contribution in [1.29, 1.82) is 0 Å². The van der Waals surface area contributed by atoms with Gasteiger partial charge in [-0.05, 0) is 48.9 Å². The van der Waals surface area contributed by atoms with Gasteiger partial charge in [-0.15, -0.1) is 0 Å². The highest BCUT2D eigenvalue weighted by Crippen LogP contribution is 2.16. The number of carbonyl (C=O) groups is 1. The topological polar surface area (TPSA) is 59.0 Å². The third-order valence-electron chi connectivity index (χ3n) is 3.65. The summed E-state index contributed by atoms with van der Waals surface area (Å²) in [5.74, 6) is -0.340. The number of anilines is 1. The van der Waals surface area contributed by atoms with Gasteiger partial charge in [0.1, 0.15) is 5.82 Å². The van der Waals surface area contributed by atoms with E-state index in [0.29, 0.717) is 5.69 Å². The third kappa shape index (κ3) is 3.78. The Bertz CT molecular complexity index is 798. The van der Waals surface area contributed by atoms with E-state index >= 15 is 0 Å². The SMILES string of the molecule is CC(NC(=O)Nc1ccc(F)cc1)c1ccc(-n2ccnc2)cc1. The summed E-state index contributed by atoms with van der Waals surface area (Å²) in [6.07, 6.45) is 5.32. The molecular weight excluding hydrogens is 307 g/mol. The van der Waals surface area contributed by atoms with Gasteiger partial charge in [-0.1, -0.05) is 12.1 Å². The van der Waals surface area contributed by atoms with Crippen molar-refractivity contribution < 1.29 is 9.18 Å². The van der Waals surface area contributed by atoms with Gasteiger partial charge in [0.05, 0.1) is 12.4 Å². The second kappa shape index (κ2) is 6.95. The zero-order valence-corrected chi connectivity index (χ0v) is 13.1. The van der Waals surface area contributed by atoms with Crippen LogP contribution in [0, 0.1) is 5.82 Å². The summed E-state index contributed by atoms with van der Waals surface area (Å²) in [6, 6.07) is 13.0. The highest BCUT2D eigenvalue weighted by Gasteiger charge is 2.10. The Kier molecular flexibility index (Phi) is 4.56. The molecule has 2 N–H and O–H groups in total. The average molecular weight is 324 g/mol. The smallest absolute Gasteiger partial charge is 0.319 e. The van der Waals surface area contributed by atoms with E-state index in [1.165, 1.54) is 24.3 Å². The molecule has 0 saturated heterocycles. The van der Waals surface area contributed by atoms with Crippen molar-refractivity contribution >= 4 is 11.7 Å². The first-order chi connectivity index (χ1) is 11.6. The Morgan fingerprint density at radius 3 is 2.46 bits per heavy atom. The number of nitrogens with one attached hydrogen (secondary N) is 2. The Morgan fingerprint density at radius 1 is 1.12 bits per heavy atom. The van der Waals surface area contributed by atoms with Crippen LogP contribution in [0.2, 0.25) is 0 Å². The van der Waals surface area contributed by atoms with Crippen molar-refractivity contribution in [2.24, 2.45) is 0 Å². The molecule has 3 aromatic rings. The molecule has 2 amide bonds. The molecule has 0 aliphatic carbocycles. The number of carbonyl (C=O) groups excluding carboxylic acids is 1. The molecule has 0 fully saturated rings. The summed E-state index contributed by atoms with van der Waals surface area (Å²) >= 11 is 0. The Balaban J connectivity index is 1.60. The van der Waals surface area contributed by atoms with E-state index in [9.17, 15) is 9.18 Å². The maximum atomic E-state index is 12.9. The number of benzene rings is 2. The van der Waals surface area contributed by atoms with Gasteiger partial charge < -0.3 is 15.2 Å². The van der Waals surface area contributed by atoms with Crippen molar-refractivity contribution in [2.45, 2.75) is 13.0 Å². The maximum Gasteiger partial charge on any atom is 0.319 e. The molecule has 0 aliphatic rings. The van der Waals surface area contributed by atoms with E-state index in [0.717, 1.165) is 11.3 Å². The first-order valence-electron chi connectivity index (χ1n) is 7.53. The van der Waals surface area contributed by atoms with Crippen molar-refractivity contribution in [2.75, 3.05) is 5.32 Å². The number of amides is 2. The lowest BCUT2D eigenvalue weighted by molar-refractivity contribution is 0.249. The number of urea groups is 1. The number of aromatic nitrogens is 2. The summed E-state index contributed by atoms with van der Waals surface area (Å²) in [7, 11) is 0. The van der Waals surface area contributed by atoms with Gasteiger partial charge in [-0.25, -0.2) is 14.2 Å². The van der Waals surface area contributed by atoms with Gasteiger partial charge in [-0.2, -0.15) is 0 Å². The van der Waals surface area contributed by atoms with E-state index in [1.54, 1.807) is 12.5 Å². The van der Waals surface area contributed by atoms with Gasteiger partial charge in [0.25, 0.3) is 0 Å². The van der Waals surface area contributed by atoms with Crippen LogP contribution in [0.3, 0.4) is 0 Å². The second-order valence-electron chi connectivity index (χ2n) is 5.39. The summed E-state index contributed by atoms with van der Waals surface area (Å²) < 4.78 is 14.8. The Labute approximate surface area is 139 Å².